The number of ether oxygens (including phenoxy) is 4. The Morgan fingerprint density at radius 2 is 1.73 bits per heavy atom. The minimum atomic E-state index is -0.814. The molecule has 10 heteroatoms. The summed E-state index contributed by atoms with van der Waals surface area (Å²) in [5, 5.41) is 0. The zero-order valence-electron chi connectivity index (χ0n) is 24.8. The second-order valence-electron chi connectivity index (χ2n) is 10.2. The molecule has 0 spiro atoms. The van der Waals surface area contributed by atoms with Gasteiger partial charge in [0, 0.05) is 24.3 Å². The normalized spacial score (nSPS) is 16.8. The van der Waals surface area contributed by atoms with E-state index in [4.69, 9.17) is 23.9 Å². The second kappa shape index (κ2) is 12.9. The quantitative estimate of drug-likeness (QED) is 0.280. The SMILES string of the molecule is CCOC(=O)C1=C(c2ccccc2)N=c2s/c(=C/c3ccc(N4CCOCC4)cc3)c(=O)n2[C@@H]1c1ccc(OC)c(OC)c1. The molecule has 9 nitrogen and oxygen atoms in total. The van der Waals surface area contributed by atoms with Crippen molar-refractivity contribution in [1.29, 1.82) is 0 Å². The first kappa shape index (κ1) is 29.4. The zero-order valence-corrected chi connectivity index (χ0v) is 25.6. The van der Waals surface area contributed by atoms with Crippen LogP contribution in [0.1, 0.15) is 29.7 Å². The van der Waals surface area contributed by atoms with Crippen LogP contribution >= 0.6 is 11.3 Å². The van der Waals surface area contributed by atoms with Crippen molar-refractivity contribution in [2.45, 2.75) is 13.0 Å². The molecule has 3 heterocycles. The van der Waals surface area contributed by atoms with Crippen LogP contribution in [0.3, 0.4) is 0 Å². The molecule has 0 unspecified atom stereocenters. The first-order chi connectivity index (χ1) is 21.5. The van der Waals surface area contributed by atoms with Crippen LogP contribution < -0.4 is 29.3 Å². The molecule has 1 aromatic heterocycles. The molecule has 0 radical (unpaired) electrons. The molecule has 6 rings (SSSR count). The van der Waals surface area contributed by atoms with Crippen molar-refractivity contribution in [3.63, 3.8) is 0 Å². The summed E-state index contributed by atoms with van der Waals surface area (Å²) in [6.07, 6.45) is 1.87. The number of aromatic nitrogens is 1. The number of morpholine rings is 1. The molecule has 1 atom stereocenters. The highest BCUT2D eigenvalue weighted by Crippen LogP contribution is 2.38. The molecule has 2 aliphatic rings. The number of benzene rings is 3. The zero-order chi connectivity index (χ0) is 30.6. The number of rotatable bonds is 8. The standard InChI is InChI=1S/C34H33N3O6S/c1-4-43-33(39)29-30(23-8-6-5-7-9-23)35-34-37(31(29)24-12-15-26(40-2)27(21-24)41-3)32(38)28(44-34)20-22-10-13-25(14-11-22)36-16-18-42-19-17-36/h5-15,20-21,31H,4,16-19H2,1-3H3/b28-20+/t31-/m1/s1. The number of fused-ring (bicyclic) bond motifs is 1. The lowest BCUT2D eigenvalue weighted by molar-refractivity contribution is -0.138. The van der Waals surface area contributed by atoms with Gasteiger partial charge in [-0.2, -0.15) is 0 Å². The van der Waals surface area contributed by atoms with Gasteiger partial charge in [0.15, 0.2) is 16.3 Å². The Bertz CT molecular complexity index is 1870. The molecule has 226 valence electrons. The highest BCUT2D eigenvalue weighted by molar-refractivity contribution is 7.07. The number of hydrogen-bond donors (Lipinski definition) is 0. The Hall–Kier alpha value is -4.67. The fourth-order valence-electron chi connectivity index (χ4n) is 5.53. The lowest BCUT2D eigenvalue weighted by atomic mass is 9.93. The number of thiazole rings is 1. The minimum absolute atomic E-state index is 0.175. The molecule has 0 saturated carbocycles. The van der Waals surface area contributed by atoms with E-state index in [0.29, 0.717) is 45.3 Å². The van der Waals surface area contributed by atoms with Gasteiger partial charge in [-0.25, -0.2) is 9.79 Å². The maximum atomic E-state index is 14.2. The number of esters is 1. The number of anilines is 1. The van der Waals surface area contributed by atoms with Gasteiger partial charge in [-0.3, -0.25) is 9.36 Å². The summed E-state index contributed by atoms with van der Waals surface area (Å²) >= 11 is 1.29. The highest BCUT2D eigenvalue weighted by atomic mass is 32.1. The van der Waals surface area contributed by atoms with Crippen LogP contribution in [0.2, 0.25) is 0 Å². The molecule has 0 aliphatic carbocycles. The third-order valence-electron chi connectivity index (χ3n) is 7.66. The lowest BCUT2D eigenvalue weighted by Gasteiger charge is -2.28. The van der Waals surface area contributed by atoms with E-state index in [1.165, 1.54) is 11.3 Å². The van der Waals surface area contributed by atoms with Crippen molar-refractivity contribution < 1.29 is 23.7 Å². The van der Waals surface area contributed by atoms with E-state index >= 15 is 0 Å². The van der Waals surface area contributed by atoms with Gasteiger partial charge in [-0.15, -0.1) is 0 Å². The van der Waals surface area contributed by atoms with Crippen molar-refractivity contribution in [2.24, 2.45) is 4.99 Å². The van der Waals surface area contributed by atoms with Gasteiger partial charge in [-0.1, -0.05) is 59.9 Å². The van der Waals surface area contributed by atoms with Crippen LogP contribution in [0.15, 0.2) is 88.2 Å². The van der Waals surface area contributed by atoms with Crippen molar-refractivity contribution >= 4 is 34.8 Å². The van der Waals surface area contributed by atoms with E-state index in [9.17, 15) is 9.59 Å². The number of hydrogen-bond acceptors (Lipinski definition) is 9. The van der Waals surface area contributed by atoms with E-state index in [0.717, 1.165) is 29.9 Å². The van der Waals surface area contributed by atoms with Crippen molar-refractivity contribution in [3.8, 4) is 11.5 Å². The average molecular weight is 612 g/mol. The summed E-state index contributed by atoms with van der Waals surface area (Å²) in [6, 6.07) is 22.2. The number of carbonyl (C=O) groups excluding carboxylic acids is 1. The van der Waals surface area contributed by atoms with Gasteiger partial charge in [0.1, 0.15) is 0 Å². The first-order valence-electron chi connectivity index (χ1n) is 14.5. The summed E-state index contributed by atoms with van der Waals surface area (Å²) in [6.45, 7) is 5.05. The van der Waals surface area contributed by atoms with Crippen molar-refractivity contribution in [1.82, 2.24) is 4.57 Å². The summed E-state index contributed by atoms with van der Waals surface area (Å²) in [5.41, 5.74) is 3.91. The molecule has 2 aliphatic heterocycles. The number of methoxy groups -OCH3 is 2. The van der Waals surface area contributed by atoms with Crippen LogP contribution in [0, 0.1) is 0 Å². The second-order valence-corrected chi connectivity index (χ2v) is 11.2. The van der Waals surface area contributed by atoms with Gasteiger partial charge in [0.05, 0.1) is 55.9 Å². The van der Waals surface area contributed by atoms with Crippen LogP contribution in [0.25, 0.3) is 11.8 Å². The monoisotopic (exact) mass is 611 g/mol. The maximum Gasteiger partial charge on any atom is 0.338 e. The largest absolute Gasteiger partial charge is 0.493 e. The molecule has 0 amide bonds. The first-order valence-corrected chi connectivity index (χ1v) is 15.3. The maximum absolute atomic E-state index is 14.2. The molecular formula is C34H33N3O6S. The van der Waals surface area contributed by atoms with Gasteiger partial charge >= 0.3 is 5.97 Å². The Kier molecular flexibility index (Phi) is 8.63. The molecule has 1 saturated heterocycles. The summed E-state index contributed by atoms with van der Waals surface area (Å²) < 4.78 is 24.2. The van der Waals surface area contributed by atoms with Crippen LogP contribution in [0.5, 0.6) is 11.5 Å². The molecular weight excluding hydrogens is 578 g/mol. The number of nitrogens with zero attached hydrogens (tertiary/aromatic N) is 3. The van der Waals surface area contributed by atoms with Crippen molar-refractivity contribution in [2.75, 3.05) is 52.0 Å². The summed E-state index contributed by atoms with van der Waals surface area (Å²) in [5.74, 6) is 0.478. The Morgan fingerprint density at radius 1 is 1.00 bits per heavy atom. The fourth-order valence-corrected chi connectivity index (χ4v) is 6.53. The summed E-state index contributed by atoms with van der Waals surface area (Å²) in [4.78, 5) is 35.6. The van der Waals surface area contributed by atoms with E-state index in [-0.39, 0.29) is 17.7 Å². The highest BCUT2D eigenvalue weighted by Gasteiger charge is 2.35. The topological polar surface area (TPSA) is 91.6 Å². The fraction of sp³-hybridized carbons (Fsp3) is 0.265. The third-order valence-corrected chi connectivity index (χ3v) is 8.65. The summed E-state index contributed by atoms with van der Waals surface area (Å²) in [7, 11) is 3.11. The molecule has 1 fully saturated rings. The minimum Gasteiger partial charge on any atom is -0.493 e. The predicted octanol–water partition coefficient (Wildman–Crippen LogP) is 3.79. The van der Waals surface area contributed by atoms with E-state index in [1.807, 2.05) is 54.6 Å². The van der Waals surface area contributed by atoms with Crippen LogP contribution in [-0.4, -0.2) is 57.7 Å². The Morgan fingerprint density at radius 3 is 2.41 bits per heavy atom. The molecule has 3 aromatic carbocycles. The Balaban J connectivity index is 1.54. The number of carbonyl (C=O) groups is 1. The Labute approximate surface area is 258 Å². The van der Waals surface area contributed by atoms with Crippen molar-refractivity contribution in [3.05, 3.63) is 115 Å². The van der Waals surface area contributed by atoms with Gasteiger partial charge < -0.3 is 23.8 Å². The van der Waals surface area contributed by atoms with E-state index in [1.54, 1.807) is 37.8 Å². The third kappa shape index (κ3) is 5.66. The van der Waals surface area contributed by atoms with E-state index < -0.39 is 12.0 Å². The van der Waals surface area contributed by atoms with Gasteiger partial charge in [0.2, 0.25) is 0 Å². The molecule has 44 heavy (non-hydrogen) atoms. The van der Waals surface area contributed by atoms with Crippen LogP contribution in [0.4, 0.5) is 5.69 Å². The van der Waals surface area contributed by atoms with Gasteiger partial charge in [0.25, 0.3) is 5.56 Å². The molecule has 0 N–H and O–H groups in total. The lowest BCUT2D eigenvalue weighted by Crippen LogP contribution is -2.40. The molecule has 4 aromatic rings. The van der Waals surface area contributed by atoms with E-state index in [2.05, 4.69) is 17.0 Å². The van der Waals surface area contributed by atoms with Crippen LogP contribution in [-0.2, 0) is 14.3 Å². The smallest absolute Gasteiger partial charge is 0.338 e. The molecule has 0 bridgehead atoms. The average Bonchev–Trinajstić information content (AvgIpc) is 3.38. The predicted molar refractivity (Wildman–Crippen MR) is 170 cm³/mol. The van der Waals surface area contributed by atoms with Gasteiger partial charge in [-0.05, 0) is 48.4 Å².